The van der Waals surface area contributed by atoms with E-state index in [9.17, 15) is 26.4 Å². The van der Waals surface area contributed by atoms with Crippen LogP contribution in [0.4, 0.5) is 19.0 Å². The number of carbonyl (C=O) groups excluding carboxylic acids is 1. The molecular weight excluding hydrogens is 519 g/mol. The molecule has 2 aliphatic rings. The first-order valence-electron chi connectivity index (χ1n) is 12.2. The Morgan fingerprint density at radius 1 is 1.03 bits per heavy atom. The molecule has 1 saturated heterocycles. The van der Waals surface area contributed by atoms with Crippen molar-refractivity contribution in [2.75, 3.05) is 18.0 Å². The van der Waals surface area contributed by atoms with Crippen LogP contribution >= 0.6 is 0 Å². The summed E-state index contributed by atoms with van der Waals surface area (Å²) in [5, 5.41) is -0.272. The highest BCUT2D eigenvalue weighted by molar-refractivity contribution is 7.90. The van der Waals surface area contributed by atoms with E-state index in [1.165, 1.54) is 18.2 Å². The molecule has 0 radical (unpaired) electrons. The number of nitrogens with zero attached hydrogens (tertiary/aromatic N) is 2. The number of hydrogen-bond acceptors (Lipinski definition) is 6. The van der Waals surface area contributed by atoms with Gasteiger partial charge in [0, 0.05) is 31.5 Å². The van der Waals surface area contributed by atoms with Crippen LogP contribution in [0.5, 0.6) is 5.75 Å². The van der Waals surface area contributed by atoms with E-state index in [2.05, 4.69) is 9.71 Å². The van der Waals surface area contributed by atoms with E-state index in [0.29, 0.717) is 11.4 Å². The highest BCUT2D eigenvalue weighted by Crippen LogP contribution is 2.44. The van der Waals surface area contributed by atoms with E-state index in [4.69, 9.17) is 4.74 Å². The molecule has 38 heavy (non-hydrogen) atoms. The number of alkyl halides is 3. The molecule has 2 heterocycles. The smallest absolute Gasteiger partial charge is 0.416 e. The monoisotopic (exact) mass is 545 g/mol. The number of sulfonamides is 1. The minimum atomic E-state index is -4.52. The first-order chi connectivity index (χ1) is 18.0. The fourth-order valence-corrected chi connectivity index (χ4v) is 5.46. The minimum absolute atomic E-state index is 0.198. The summed E-state index contributed by atoms with van der Waals surface area (Å²) in [6.45, 7) is 3.35. The molecular formula is C27H26F3N3O4S. The molecule has 200 valence electrons. The van der Waals surface area contributed by atoms with Crippen LogP contribution in [0.2, 0.25) is 0 Å². The summed E-state index contributed by atoms with van der Waals surface area (Å²) in [6.07, 6.45) is -2.02. The van der Waals surface area contributed by atoms with Gasteiger partial charge < -0.3 is 9.64 Å². The van der Waals surface area contributed by atoms with Gasteiger partial charge in [0.15, 0.2) is 10.6 Å². The van der Waals surface area contributed by atoms with Crippen molar-refractivity contribution >= 4 is 21.7 Å². The molecule has 2 fully saturated rings. The molecule has 11 heteroatoms. The van der Waals surface area contributed by atoms with Crippen molar-refractivity contribution in [1.82, 2.24) is 9.71 Å². The second-order valence-electron chi connectivity index (χ2n) is 9.64. The standard InChI is InChI=1S/C27H26F3N3O4S/c1-18-10-11-21(19-6-4-7-20(17-19)27(28,29)30)22(16-18)37-26(12-13-26)25(34)32-38(35,36)24-9-5-8-23(31-24)33-14-2-3-15-33/h4-11,16-17H,2-3,12-15H2,1H3,(H,32,34). The highest BCUT2D eigenvalue weighted by atomic mass is 32.2. The molecule has 1 aromatic heterocycles. The summed E-state index contributed by atoms with van der Waals surface area (Å²) in [6, 6.07) is 14.4. The van der Waals surface area contributed by atoms with Crippen LogP contribution in [0, 0.1) is 6.92 Å². The van der Waals surface area contributed by atoms with E-state index in [-0.39, 0.29) is 29.2 Å². The fraction of sp³-hybridized carbons (Fsp3) is 0.333. The molecule has 3 aromatic rings. The van der Waals surface area contributed by atoms with Crippen molar-refractivity contribution in [3.8, 4) is 16.9 Å². The molecule has 1 amide bonds. The van der Waals surface area contributed by atoms with Gasteiger partial charge in [-0.05, 0) is 61.2 Å². The highest BCUT2D eigenvalue weighted by Gasteiger charge is 2.54. The van der Waals surface area contributed by atoms with Crippen molar-refractivity contribution in [2.24, 2.45) is 0 Å². The molecule has 5 rings (SSSR count). The number of amides is 1. The summed E-state index contributed by atoms with van der Waals surface area (Å²) in [4.78, 5) is 19.4. The largest absolute Gasteiger partial charge is 0.477 e. The van der Waals surface area contributed by atoms with Gasteiger partial charge >= 0.3 is 6.18 Å². The summed E-state index contributed by atoms with van der Waals surface area (Å²) in [5.41, 5.74) is -0.869. The second kappa shape index (κ2) is 9.61. The van der Waals surface area contributed by atoms with Crippen molar-refractivity contribution in [2.45, 2.75) is 49.4 Å². The summed E-state index contributed by atoms with van der Waals surface area (Å²) in [5.74, 6) is -0.119. The first kappa shape index (κ1) is 26.0. The number of pyridine rings is 1. The number of benzene rings is 2. The molecule has 1 aliphatic heterocycles. The average Bonchev–Trinajstić information content (AvgIpc) is 3.44. The zero-order valence-corrected chi connectivity index (χ0v) is 21.4. The third kappa shape index (κ3) is 5.33. The normalized spacial score (nSPS) is 16.8. The lowest BCUT2D eigenvalue weighted by Gasteiger charge is -2.21. The van der Waals surface area contributed by atoms with Crippen molar-refractivity contribution < 1.29 is 31.1 Å². The van der Waals surface area contributed by atoms with Gasteiger partial charge in [0.25, 0.3) is 15.9 Å². The topological polar surface area (TPSA) is 88.6 Å². The molecule has 0 spiro atoms. The second-order valence-corrected chi connectivity index (χ2v) is 11.3. The van der Waals surface area contributed by atoms with Crippen molar-refractivity contribution in [3.63, 3.8) is 0 Å². The Morgan fingerprint density at radius 3 is 2.42 bits per heavy atom. The number of ether oxygens (including phenoxy) is 1. The van der Waals surface area contributed by atoms with Crippen LogP contribution in [-0.4, -0.2) is 38.0 Å². The molecule has 1 saturated carbocycles. The maximum atomic E-state index is 13.3. The van der Waals surface area contributed by atoms with Gasteiger partial charge in [-0.2, -0.15) is 21.6 Å². The van der Waals surface area contributed by atoms with Gasteiger partial charge in [-0.1, -0.05) is 30.3 Å². The van der Waals surface area contributed by atoms with E-state index in [0.717, 1.165) is 43.6 Å². The zero-order valence-electron chi connectivity index (χ0n) is 20.6. The van der Waals surface area contributed by atoms with E-state index in [1.807, 2.05) is 4.90 Å². The van der Waals surface area contributed by atoms with Gasteiger partial charge in [0.1, 0.15) is 11.6 Å². The van der Waals surface area contributed by atoms with Gasteiger partial charge in [-0.25, -0.2) is 9.71 Å². The third-order valence-corrected chi connectivity index (χ3v) is 7.93. The lowest BCUT2D eigenvalue weighted by molar-refractivity contribution is -0.137. The Morgan fingerprint density at radius 2 is 1.74 bits per heavy atom. The third-order valence-electron chi connectivity index (χ3n) is 6.70. The quantitative estimate of drug-likeness (QED) is 0.445. The lowest BCUT2D eigenvalue weighted by Crippen LogP contribution is -2.43. The minimum Gasteiger partial charge on any atom is -0.477 e. The van der Waals surface area contributed by atoms with Gasteiger partial charge in [0.05, 0.1) is 5.56 Å². The molecule has 0 unspecified atom stereocenters. The van der Waals surface area contributed by atoms with Gasteiger partial charge in [-0.3, -0.25) is 4.79 Å². The van der Waals surface area contributed by atoms with Crippen LogP contribution in [0.25, 0.3) is 11.1 Å². The Labute approximate surface area is 218 Å². The zero-order chi connectivity index (χ0) is 27.1. The Hall–Kier alpha value is -3.60. The molecule has 1 aliphatic carbocycles. The predicted molar refractivity (Wildman–Crippen MR) is 135 cm³/mol. The number of aromatic nitrogens is 1. The van der Waals surface area contributed by atoms with E-state index >= 15 is 0 Å². The average molecular weight is 546 g/mol. The number of nitrogens with one attached hydrogen (secondary N) is 1. The number of anilines is 1. The molecule has 1 N–H and O–H groups in total. The fourth-order valence-electron chi connectivity index (χ4n) is 4.46. The maximum absolute atomic E-state index is 13.3. The van der Waals surface area contributed by atoms with Crippen LogP contribution < -0.4 is 14.4 Å². The van der Waals surface area contributed by atoms with Crippen LogP contribution in [0.1, 0.15) is 36.8 Å². The van der Waals surface area contributed by atoms with E-state index < -0.39 is 33.3 Å². The molecule has 0 bridgehead atoms. The van der Waals surface area contributed by atoms with Crippen LogP contribution in [-0.2, 0) is 21.0 Å². The molecule has 2 aromatic carbocycles. The lowest BCUT2D eigenvalue weighted by atomic mass is 10.0. The van der Waals surface area contributed by atoms with Crippen LogP contribution in [0.3, 0.4) is 0 Å². The summed E-state index contributed by atoms with van der Waals surface area (Å²) >= 11 is 0. The van der Waals surface area contributed by atoms with Crippen molar-refractivity contribution in [3.05, 3.63) is 71.8 Å². The number of rotatable bonds is 7. The van der Waals surface area contributed by atoms with E-state index in [1.54, 1.807) is 37.3 Å². The number of aryl methyl sites for hydroxylation is 1. The Balaban J connectivity index is 1.39. The molecule has 0 atom stereocenters. The van der Waals surface area contributed by atoms with Crippen molar-refractivity contribution in [1.29, 1.82) is 0 Å². The first-order valence-corrected chi connectivity index (χ1v) is 13.7. The van der Waals surface area contributed by atoms with Gasteiger partial charge in [-0.15, -0.1) is 0 Å². The SMILES string of the molecule is Cc1ccc(-c2cccc(C(F)(F)F)c2)c(OC2(C(=O)NS(=O)(=O)c3cccc(N4CCCC4)n3)CC2)c1. The maximum Gasteiger partial charge on any atom is 0.416 e. The summed E-state index contributed by atoms with van der Waals surface area (Å²) < 4.78 is 74.1. The summed E-state index contributed by atoms with van der Waals surface area (Å²) in [7, 11) is -4.28. The van der Waals surface area contributed by atoms with Gasteiger partial charge in [0.2, 0.25) is 0 Å². The number of carbonyl (C=O) groups is 1. The number of hydrogen-bond donors (Lipinski definition) is 1. The number of halogens is 3. The molecule has 7 nitrogen and oxygen atoms in total. The Kier molecular flexibility index (Phi) is 6.58. The predicted octanol–water partition coefficient (Wildman–Crippen LogP) is 5.09. The Bertz CT molecular complexity index is 1480. The van der Waals surface area contributed by atoms with Crippen LogP contribution in [0.15, 0.2) is 65.7 Å².